The van der Waals surface area contributed by atoms with Crippen LogP contribution in [0.1, 0.15) is 20.8 Å². The lowest BCUT2D eigenvalue weighted by Crippen LogP contribution is -2.18. The maximum absolute atomic E-state index is 10.7. The zero-order chi connectivity index (χ0) is 8.20. The Morgan fingerprint density at radius 2 is 2.10 bits per heavy atom. The predicted octanol–water partition coefficient (Wildman–Crippen LogP) is 1.03. The van der Waals surface area contributed by atoms with Gasteiger partial charge in [0.2, 0.25) is 0 Å². The van der Waals surface area contributed by atoms with Crippen molar-refractivity contribution in [1.82, 2.24) is 0 Å². The molecule has 3 heteroatoms. The molecule has 0 saturated carbocycles. The maximum Gasteiger partial charge on any atom is 0.328 e. The van der Waals surface area contributed by atoms with E-state index >= 15 is 0 Å². The summed E-state index contributed by atoms with van der Waals surface area (Å²) in [6, 6.07) is 0. The van der Waals surface area contributed by atoms with Gasteiger partial charge >= 0.3 is 5.95 Å². The number of ether oxygens (including phenoxy) is 1. The molecule has 0 atom stereocenters. The fourth-order valence-electron chi connectivity index (χ4n) is 0.440. The van der Waals surface area contributed by atoms with Crippen LogP contribution in [0.4, 0.5) is 0 Å². The zero-order valence-electron chi connectivity index (χ0n) is 6.68. The van der Waals surface area contributed by atoms with Crippen molar-refractivity contribution in [3.8, 4) is 0 Å². The fourth-order valence-corrected chi connectivity index (χ4v) is 0.440. The van der Waals surface area contributed by atoms with Crippen LogP contribution in [0.15, 0.2) is 12.0 Å². The summed E-state index contributed by atoms with van der Waals surface area (Å²) < 4.78 is 4.90. The molecule has 0 aromatic heterocycles. The van der Waals surface area contributed by atoms with E-state index in [1.807, 2.05) is 20.8 Å². The molecular weight excluding hydrogens is 130 g/mol. The van der Waals surface area contributed by atoms with Gasteiger partial charge in [-0.15, -0.1) is 0 Å². The molecule has 0 amide bonds. The summed E-state index contributed by atoms with van der Waals surface area (Å²) in [5.74, 6) is -0.352. The lowest BCUT2D eigenvalue weighted by molar-refractivity contribution is -0.0381. The SMILES string of the molecule is CC(C)(C)OC([O])=CCN. The average Bonchev–Trinajstić information content (AvgIpc) is 1.59. The molecule has 0 aliphatic heterocycles. The lowest BCUT2D eigenvalue weighted by Gasteiger charge is -2.18. The predicted molar refractivity (Wildman–Crippen MR) is 38.7 cm³/mol. The third-order valence-corrected chi connectivity index (χ3v) is 0.691. The normalized spacial score (nSPS) is 13.4. The van der Waals surface area contributed by atoms with Gasteiger partial charge in [0.25, 0.3) is 0 Å². The van der Waals surface area contributed by atoms with Crippen molar-refractivity contribution in [2.24, 2.45) is 5.73 Å². The minimum atomic E-state index is -0.414. The van der Waals surface area contributed by atoms with Crippen molar-refractivity contribution >= 4 is 0 Å². The van der Waals surface area contributed by atoms with Gasteiger partial charge in [-0.1, -0.05) is 0 Å². The number of hydrogen-bond donors (Lipinski definition) is 1. The molecule has 0 aromatic rings. The van der Waals surface area contributed by atoms with Gasteiger partial charge in [0.1, 0.15) is 5.60 Å². The van der Waals surface area contributed by atoms with Crippen LogP contribution in [0.3, 0.4) is 0 Å². The van der Waals surface area contributed by atoms with Gasteiger partial charge in [-0.25, -0.2) is 5.11 Å². The van der Waals surface area contributed by atoms with Crippen LogP contribution in [0.25, 0.3) is 0 Å². The Morgan fingerprint density at radius 1 is 1.60 bits per heavy atom. The first-order valence-corrected chi connectivity index (χ1v) is 3.22. The van der Waals surface area contributed by atoms with Crippen molar-refractivity contribution in [1.29, 1.82) is 0 Å². The average molecular weight is 144 g/mol. The van der Waals surface area contributed by atoms with E-state index < -0.39 is 5.60 Å². The molecule has 0 spiro atoms. The molecule has 0 unspecified atom stereocenters. The van der Waals surface area contributed by atoms with Crippen molar-refractivity contribution < 1.29 is 9.84 Å². The topological polar surface area (TPSA) is 55.1 Å². The third kappa shape index (κ3) is 5.44. The van der Waals surface area contributed by atoms with Crippen LogP contribution in [-0.2, 0) is 9.84 Å². The van der Waals surface area contributed by atoms with Crippen molar-refractivity contribution in [3.05, 3.63) is 12.0 Å². The van der Waals surface area contributed by atoms with Crippen LogP contribution >= 0.6 is 0 Å². The zero-order valence-corrected chi connectivity index (χ0v) is 6.68. The van der Waals surface area contributed by atoms with Gasteiger partial charge in [0.05, 0.1) is 0 Å². The quantitative estimate of drug-likeness (QED) is 0.588. The molecule has 10 heavy (non-hydrogen) atoms. The van der Waals surface area contributed by atoms with Gasteiger partial charge in [0.15, 0.2) is 0 Å². The molecule has 0 bridgehead atoms. The van der Waals surface area contributed by atoms with E-state index in [4.69, 9.17) is 10.5 Å². The molecule has 3 nitrogen and oxygen atoms in total. The molecule has 0 heterocycles. The fraction of sp³-hybridized carbons (Fsp3) is 0.714. The summed E-state index contributed by atoms with van der Waals surface area (Å²) in [5.41, 5.74) is 4.68. The Morgan fingerprint density at radius 3 is 2.40 bits per heavy atom. The molecular formula is C7H14NO2. The molecule has 0 aromatic carbocycles. The summed E-state index contributed by atoms with van der Waals surface area (Å²) in [5, 5.41) is 10.7. The lowest BCUT2D eigenvalue weighted by atomic mass is 10.2. The molecule has 59 valence electrons. The minimum Gasteiger partial charge on any atom is -0.457 e. The van der Waals surface area contributed by atoms with Crippen molar-refractivity contribution in [3.63, 3.8) is 0 Å². The summed E-state index contributed by atoms with van der Waals surface area (Å²) in [6.45, 7) is 5.68. The molecule has 2 N–H and O–H groups in total. The Kier molecular flexibility index (Phi) is 3.22. The van der Waals surface area contributed by atoms with Gasteiger partial charge in [-0.3, -0.25) is 0 Å². The Bertz CT molecular complexity index is 124. The van der Waals surface area contributed by atoms with E-state index in [9.17, 15) is 5.11 Å². The second-order valence-corrected chi connectivity index (χ2v) is 2.97. The summed E-state index contributed by atoms with van der Waals surface area (Å²) in [7, 11) is 0. The highest BCUT2D eigenvalue weighted by Gasteiger charge is 2.12. The molecule has 0 aliphatic carbocycles. The van der Waals surface area contributed by atoms with Crippen LogP contribution < -0.4 is 5.73 Å². The van der Waals surface area contributed by atoms with Crippen molar-refractivity contribution in [2.75, 3.05) is 6.54 Å². The summed E-state index contributed by atoms with van der Waals surface area (Å²) in [4.78, 5) is 0. The highest BCUT2D eigenvalue weighted by Crippen LogP contribution is 2.10. The Balaban J connectivity index is 3.79. The van der Waals surface area contributed by atoms with E-state index in [1.165, 1.54) is 6.08 Å². The third-order valence-electron chi connectivity index (χ3n) is 0.691. The van der Waals surface area contributed by atoms with E-state index in [1.54, 1.807) is 0 Å². The monoisotopic (exact) mass is 144 g/mol. The molecule has 0 rings (SSSR count). The second-order valence-electron chi connectivity index (χ2n) is 2.97. The number of nitrogens with two attached hydrogens (primary N) is 1. The highest BCUT2D eigenvalue weighted by atomic mass is 16.6. The number of hydrogen-bond acceptors (Lipinski definition) is 2. The smallest absolute Gasteiger partial charge is 0.328 e. The van der Waals surface area contributed by atoms with Crippen LogP contribution in [0, 0.1) is 0 Å². The van der Waals surface area contributed by atoms with E-state index in [-0.39, 0.29) is 12.5 Å². The van der Waals surface area contributed by atoms with E-state index in [0.717, 1.165) is 0 Å². The van der Waals surface area contributed by atoms with Crippen LogP contribution in [-0.4, -0.2) is 12.1 Å². The van der Waals surface area contributed by atoms with Crippen molar-refractivity contribution in [2.45, 2.75) is 26.4 Å². The van der Waals surface area contributed by atoms with Crippen LogP contribution in [0.2, 0.25) is 0 Å². The maximum atomic E-state index is 10.7. The van der Waals surface area contributed by atoms with E-state index in [2.05, 4.69) is 0 Å². The van der Waals surface area contributed by atoms with Crippen LogP contribution in [0.5, 0.6) is 0 Å². The largest absolute Gasteiger partial charge is 0.457 e. The summed E-state index contributed by atoms with van der Waals surface area (Å²) in [6.07, 6.45) is 1.31. The standard InChI is InChI=1S/C7H14NO2/c1-7(2,3)10-6(9)4-5-8/h4H,5,8H2,1-3H3. The first-order chi connectivity index (χ1) is 4.45. The number of rotatable bonds is 2. The molecule has 0 aliphatic rings. The first kappa shape index (κ1) is 9.30. The minimum absolute atomic E-state index is 0.231. The Labute approximate surface area is 61.5 Å². The molecule has 0 fully saturated rings. The molecule has 0 saturated heterocycles. The van der Waals surface area contributed by atoms with Gasteiger partial charge < -0.3 is 10.5 Å². The molecule has 1 radical (unpaired) electrons. The second kappa shape index (κ2) is 3.46. The van der Waals surface area contributed by atoms with Gasteiger partial charge in [-0.2, -0.15) is 0 Å². The van der Waals surface area contributed by atoms with Gasteiger partial charge in [0, 0.05) is 12.6 Å². The first-order valence-electron chi connectivity index (χ1n) is 3.22. The highest BCUT2D eigenvalue weighted by molar-refractivity contribution is 4.84. The Hall–Kier alpha value is -0.700. The summed E-state index contributed by atoms with van der Waals surface area (Å²) >= 11 is 0. The van der Waals surface area contributed by atoms with E-state index in [0.29, 0.717) is 0 Å². The van der Waals surface area contributed by atoms with Gasteiger partial charge in [-0.05, 0) is 20.8 Å².